The summed E-state index contributed by atoms with van der Waals surface area (Å²) < 4.78 is 19.9. The molecule has 1 aliphatic heterocycles. The van der Waals surface area contributed by atoms with Gasteiger partial charge in [-0.15, -0.1) is 0 Å². The molecule has 1 aromatic carbocycles. The van der Waals surface area contributed by atoms with Gasteiger partial charge in [0.25, 0.3) is 5.91 Å². The molecule has 148 valence electrons. The van der Waals surface area contributed by atoms with Crippen LogP contribution in [-0.4, -0.2) is 54.3 Å². The maximum Gasteiger partial charge on any atom is 0.274 e. The average molecular weight is 388 g/mol. The lowest BCUT2D eigenvalue weighted by molar-refractivity contribution is -0.121. The zero-order valence-electron chi connectivity index (χ0n) is 15.6. The summed E-state index contributed by atoms with van der Waals surface area (Å²) in [5, 5.41) is 0. The van der Waals surface area contributed by atoms with Crippen molar-refractivity contribution in [2.75, 3.05) is 27.2 Å². The van der Waals surface area contributed by atoms with Crippen LogP contribution in [0.3, 0.4) is 0 Å². The topological polar surface area (TPSA) is 92.7 Å². The Balaban J connectivity index is 1.59. The molecule has 2 heterocycles. The number of hydrazine groups is 1. The van der Waals surface area contributed by atoms with Crippen molar-refractivity contribution in [2.24, 2.45) is 0 Å². The number of methoxy groups -OCH3 is 1. The largest absolute Gasteiger partial charge is 0.494 e. The molecule has 3 rings (SSSR count). The molecule has 1 aliphatic rings. The third-order valence-electron chi connectivity index (χ3n) is 4.52. The number of halogens is 1. The van der Waals surface area contributed by atoms with Gasteiger partial charge in [-0.25, -0.2) is 9.82 Å². The molecule has 0 aliphatic carbocycles. The van der Waals surface area contributed by atoms with Crippen molar-refractivity contribution in [3.05, 3.63) is 53.1 Å². The van der Waals surface area contributed by atoms with Gasteiger partial charge in [-0.1, -0.05) is 12.1 Å². The Hall–Kier alpha value is -3.20. The summed E-state index contributed by atoms with van der Waals surface area (Å²) in [7, 11) is 3.10. The second-order valence-electron chi connectivity index (χ2n) is 6.47. The molecule has 2 N–H and O–H groups in total. The number of aromatic nitrogens is 1. The molecule has 0 spiro atoms. The minimum absolute atomic E-state index is 0.0478. The molecule has 2 amide bonds. The van der Waals surface area contributed by atoms with E-state index in [1.807, 2.05) is 0 Å². The van der Waals surface area contributed by atoms with Gasteiger partial charge in [-0.3, -0.25) is 19.8 Å². The van der Waals surface area contributed by atoms with Crippen molar-refractivity contribution in [2.45, 2.75) is 13.0 Å². The number of Topliss-reactive ketones (excluding diaryl/α,β-unsaturated/α-hetero) is 1. The monoisotopic (exact) mass is 388 g/mol. The predicted molar refractivity (Wildman–Crippen MR) is 98.5 cm³/mol. The van der Waals surface area contributed by atoms with Crippen molar-refractivity contribution in [1.82, 2.24) is 20.3 Å². The van der Waals surface area contributed by atoms with E-state index in [1.165, 1.54) is 31.4 Å². The molecule has 0 unspecified atom stereocenters. The Morgan fingerprint density at radius 3 is 2.61 bits per heavy atom. The Labute approximate surface area is 161 Å². The highest BCUT2D eigenvalue weighted by Crippen LogP contribution is 2.29. The Morgan fingerprint density at radius 1 is 1.21 bits per heavy atom. The maximum atomic E-state index is 12.9. The van der Waals surface area contributed by atoms with Crippen LogP contribution in [0.1, 0.15) is 26.4 Å². The highest BCUT2D eigenvalue weighted by molar-refractivity contribution is 6.05. The van der Waals surface area contributed by atoms with Crippen molar-refractivity contribution in [3.8, 4) is 5.75 Å². The number of benzene rings is 1. The second kappa shape index (κ2) is 8.22. The first-order valence-electron chi connectivity index (χ1n) is 8.72. The average Bonchev–Trinajstić information content (AvgIpc) is 3.06. The third kappa shape index (κ3) is 4.04. The second-order valence-corrected chi connectivity index (χ2v) is 6.47. The van der Waals surface area contributed by atoms with Gasteiger partial charge in [-0.2, -0.15) is 0 Å². The fourth-order valence-corrected chi connectivity index (χ4v) is 3.03. The Bertz CT molecular complexity index is 907. The van der Waals surface area contributed by atoms with Crippen LogP contribution in [0.5, 0.6) is 5.75 Å². The van der Waals surface area contributed by atoms with E-state index in [-0.39, 0.29) is 47.7 Å². The minimum atomic E-state index is -0.373. The normalized spacial score (nSPS) is 13.2. The van der Waals surface area contributed by atoms with Crippen LogP contribution in [-0.2, 0) is 17.8 Å². The van der Waals surface area contributed by atoms with Gasteiger partial charge < -0.3 is 14.2 Å². The fourth-order valence-electron chi connectivity index (χ4n) is 3.03. The molecule has 2 aromatic rings. The number of nitrogens with zero attached hydrogens (tertiary/aromatic N) is 2. The number of hydrogen-bond donors (Lipinski definition) is 2. The number of rotatable bonds is 7. The number of hydrogen-bond acceptors (Lipinski definition) is 5. The molecule has 9 heteroatoms. The van der Waals surface area contributed by atoms with Gasteiger partial charge >= 0.3 is 0 Å². The number of carbonyl (C=O) groups is 3. The summed E-state index contributed by atoms with van der Waals surface area (Å²) >= 11 is 0. The van der Waals surface area contributed by atoms with Gasteiger partial charge in [0.1, 0.15) is 5.82 Å². The SMILES string of the molecule is COc1c(C(=O)CNNC(=O)Cc2ccc(F)cc2)cn2c1C(=O)N(C)CC2. The number of amides is 2. The van der Waals surface area contributed by atoms with Crippen LogP contribution in [0.4, 0.5) is 4.39 Å². The van der Waals surface area contributed by atoms with Gasteiger partial charge in [0, 0.05) is 26.3 Å². The zero-order valence-corrected chi connectivity index (χ0v) is 15.6. The predicted octanol–water partition coefficient (Wildman–Crippen LogP) is 0.768. The lowest BCUT2D eigenvalue weighted by Gasteiger charge is -2.24. The van der Waals surface area contributed by atoms with Gasteiger partial charge in [0.2, 0.25) is 5.91 Å². The van der Waals surface area contributed by atoms with Crippen molar-refractivity contribution < 1.29 is 23.5 Å². The highest BCUT2D eigenvalue weighted by Gasteiger charge is 2.30. The molecule has 0 saturated carbocycles. The molecule has 0 fully saturated rings. The van der Waals surface area contributed by atoms with Crippen LogP contribution in [0.2, 0.25) is 0 Å². The lowest BCUT2D eigenvalue weighted by Crippen LogP contribution is -2.41. The van der Waals surface area contributed by atoms with E-state index in [2.05, 4.69) is 10.9 Å². The number of ether oxygens (including phenoxy) is 1. The van der Waals surface area contributed by atoms with Crippen LogP contribution in [0.15, 0.2) is 30.5 Å². The third-order valence-corrected chi connectivity index (χ3v) is 4.52. The van der Waals surface area contributed by atoms with E-state index in [0.29, 0.717) is 24.3 Å². The summed E-state index contributed by atoms with van der Waals surface area (Å²) in [5.74, 6) is -1.03. The summed E-state index contributed by atoms with van der Waals surface area (Å²) in [6.07, 6.45) is 1.65. The number of carbonyl (C=O) groups excluding carboxylic acids is 3. The Kier molecular flexibility index (Phi) is 5.74. The summed E-state index contributed by atoms with van der Waals surface area (Å²) in [6, 6.07) is 5.59. The quantitative estimate of drug-likeness (QED) is 0.540. The molecule has 8 nitrogen and oxygen atoms in total. The smallest absolute Gasteiger partial charge is 0.274 e. The molecule has 0 bridgehead atoms. The van der Waals surface area contributed by atoms with Crippen LogP contribution >= 0.6 is 0 Å². The van der Waals surface area contributed by atoms with E-state index >= 15 is 0 Å². The fraction of sp³-hybridized carbons (Fsp3) is 0.316. The molecule has 28 heavy (non-hydrogen) atoms. The molecule has 0 saturated heterocycles. The number of ketones is 1. The first-order valence-corrected chi connectivity index (χ1v) is 8.72. The standard InChI is InChI=1S/C19H21FN4O4/c1-23-7-8-24-11-14(18(28-2)17(24)19(23)27)15(25)10-21-22-16(26)9-12-3-5-13(20)6-4-12/h3-6,11,21H,7-10H2,1-2H3,(H,22,26). The number of fused-ring (bicyclic) bond motifs is 1. The summed E-state index contributed by atoms with van der Waals surface area (Å²) in [6.45, 7) is 0.955. The van der Waals surface area contributed by atoms with E-state index in [9.17, 15) is 18.8 Å². The first kappa shape index (κ1) is 19.6. The molecular formula is C19H21FN4O4. The van der Waals surface area contributed by atoms with Gasteiger partial charge in [0.15, 0.2) is 17.2 Å². The van der Waals surface area contributed by atoms with Crippen LogP contribution < -0.4 is 15.6 Å². The first-order chi connectivity index (χ1) is 13.4. The molecular weight excluding hydrogens is 367 g/mol. The molecule has 1 aromatic heterocycles. The maximum absolute atomic E-state index is 12.9. The summed E-state index contributed by atoms with van der Waals surface area (Å²) in [4.78, 5) is 38.4. The lowest BCUT2D eigenvalue weighted by atomic mass is 10.1. The minimum Gasteiger partial charge on any atom is -0.494 e. The Morgan fingerprint density at radius 2 is 1.93 bits per heavy atom. The van der Waals surface area contributed by atoms with E-state index < -0.39 is 0 Å². The van der Waals surface area contributed by atoms with Crippen molar-refractivity contribution >= 4 is 17.6 Å². The molecule has 0 atom stereocenters. The zero-order chi connectivity index (χ0) is 20.3. The summed E-state index contributed by atoms with van der Waals surface area (Å²) in [5.41, 5.74) is 6.29. The van der Waals surface area contributed by atoms with Crippen molar-refractivity contribution in [3.63, 3.8) is 0 Å². The van der Waals surface area contributed by atoms with Crippen LogP contribution in [0.25, 0.3) is 0 Å². The number of likely N-dealkylation sites (N-methyl/N-ethyl adjacent to an activating group) is 1. The van der Waals surface area contributed by atoms with Crippen molar-refractivity contribution in [1.29, 1.82) is 0 Å². The van der Waals surface area contributed by atoms with Crippen LogP contribution in [0, 0.1) is 5.82 Å². The van der Waals surface area contributed by atoms with Gasteiger partial charge in [0.05, 0.1) is 25.6 Å². The van der Waals surface area contributed by atoms with E-state index in [1.54, 1.807) is 22.7 Å². The van der Waals surface area contributed by atoms with Gasteiger partial charge in [-0.05, 0) is 17.7 Å². The number of nitrogens with one attached hydrogen (secondary N) is 2. The highest BCUT2D eigenvalue weighted by atomic mass is 19.1. The van der Waals surface area contributed by atoms with E-state index in [0.717, 1.165) is 0 Å². The molecule has 0 radical (unpaired) electrons. The van der Waals surface area contributed by atoms with E-state index in [4.69, 9.17) is 4.74 Å².